The summed E-state index contributed by atoms with van der Waals surface area (Å²) in [5.41, 5.74) is -0.142. The molecule has 1 atom stereocenters. The standard InChI is InChI=1S/C33H39F3OS3/c1-4-6-8-10-12-23(3)37-27-16-14-24(22-26(27)33(34,35)36)28-18-19-31(39-28)32-21-20-30(40-32)29-17-15-25(38-29)13-11-9-7-5-2/h14-23H,4-13H2,1-3H3/t23-/m0/s1. The van der Waals surface area contributed by atoms with Crippen molar-refractivity contribution >= 4 is 34.0 Å². The van der Waals surface area contributed by atoms with E-state index in [9.17, 15) is 13.2 Å². The van der Waals surface area contributed by atoms with Gasteiger partial charge in [-0.1, -0.05) is 52.4 Å². The molecule has 40 heavy (non-hydrogen) atoms. The molecule has 0 aliphatic carbocycles. The van der Waals surface area contributed by atoms with Gasteiger partial charge in [0.25, 0.3) is 0 Å². The maximum Gasteiger partial charge on any atom is 0.419 e. The van der Waals surface area contributed by atoms with Gasteiger partial charge in [-0.15, -0.1) is 34.0 Å². The minimum absolute atomic E-state index is 0.0837. The van der Waals surface area contributed by atoms with Crippen molar-refractivity contribution in [2.75, 3.05) is 0 Å². The SMILES string of the molecule is CCCCCCc1ccc(-c2ccc(-c3ccc(-c4ccc(O[C@@H](C)CCCCCC)c(C(F)(F)F)c4)s3)s2)s1. The van der Waals surface area contributed by atoms with E-state index in [1.807, 2.05) is 30.4 Å². The van der Waals surface area contributed by atoms with Gasteiger partial charge >= 0.3 is 6.18 Å². The highest BCUT2D eigenvalue weighted by Gasteiger charge is 2.35. The van der Waals surface area contributed by atoms with Gasteiger partial charge in [-0.05, 0) is 92.8 Å². The second kappa shape index (κ2) is 14.7. The summed E-state index contributed by atoms with van der Waals surface area (Å²) in [4.78, 5) is 6.97. The lowest BCUT2D eigenvalue weighted by Gasteiger charge is -2.19. The maximum atomic E-state index is 14.0. The Labute approximate surface area is 249 Å². The van der Waals surface area contributed by atoms with Crippen LogP contribution in [0.2, 0.25) is 0 Å². The zero-order chi connectivity index (χ0) is 28.5. The molecule has 4 rings (SSSR count). The number of unbranched alkanes of at least 4 members (excludes halogenated alkanes) is 6. The van der Waals surface area contributed by atoms with E-state index in [2.05, 4.69) is 38.1 Å². The average molecular weight is 605 g/mol. The molecule has 0 aliphatic heterocycles. The number of rotatable bonds is 15. The third kappa shape index (κ3) is 8.46. The number of hydrogen-bond donors (Lipinski definition) is 0. The molecule has 3 heterocycles. The van der Waals surface area contributed by atoms with Crippen molar-refractivity contribution in [2.24, 2.45) is 0 Å². The minimum atomic E-state index is -4.48. The number of halogens is 3. The molecule has 0 spiro atoms. The number of ether oxygens (including phenoxy) is 1. The van der Waals surface area contributed by atoms with E-state index in [4.69, 9.17) is 4.74 Å². The maximum absolute atomic E-state index is 14.0. The van der Waals surface area contributed by atoms with Gasteiger partial charge in [-0.2, -0.15) is 13.2 Å². The number of thiophene rings is 3. The van der Waals surface area contributed by atoms with Gasteiger partial charge in [0, 0.05) is 29.3 Å². The molecule has 0 unspecified atom stereocenters. The molecule has 0 aliphatic rings. The smallest absolute Gasteiger partial charge is 0.419 e. The highest BCUT2D eigenvalue weighted by molar-refractivity contribution is 7.27. The highest BCUT2D eigenvalue weighted by Crippen LogP contribution is 2.44. The Hall–Kier alpha value is -2.09. The lowest BCUT2D eigenvalue weighted by atomic mass is 10.1. The Balaban J connectivity index is 1.46. The predicted octanol–water partition coefficient (Wildman–Crippen LogP) is 12.8. The van der Waals surface area contributed by atoms with Crippen LogP contribution in [0.4, 0.5) is 13.2 Å². The Morgan fingerprint density at radius 1 is 0.675 bits per heavy atom. The van der Waals surface area contributed by atoms with E-state index < -0.39 is 11.7 Å². The van der Waals surface area contributed by atoms with Gasteiger partial charge in [-0.3, -0.25) is 0 Å². The molecule has 0 saturated heterocycles. The number of hydrogen-bond acceptors (Lipinski definition) is 4. The van der Waals surface area contributed by atoms with Crippen molar-refractivity contribution < 1.29 is 17.9 Å². The molecule has 0 N–H and O–H groups in total. The number of aryl methyl sites for hydroxylation is 1. The molecule has 0 radical (unpaired) electrons. The molecule has 4 aromatic rings. The van der Waals surface area contributed by atoms with Crippen molar-refractivity contribution in [1.82, 2.24) is 0 Å². The fourth-order valence-corrected chi connectivity index (χ4v) is 7.98. The summed E-state index contributed by atoms with van der Waals surface area (Å²) >= 11 is 5.13. The van der Waals surface area contributed by atoms with Gasteiger partial charge in [0.2, 0.25) is 0 Å². The molecule has 0 bridgehead atoms. The van der Waals surface area contributed by atoms with Crippen molar-refractivity contribution in [1.29, 1.82) is 0 Å². The van der Waals surface area contributed by atoms with Gasteiger partial charge in [0.05, 0.1) is 11.7 Å². The molecular weight excluding hydrogens is 566 g/mol. The van der Waals surface area contributed by atoms with Crippen molar-refractivity contribution in [3.05, 3.63) is 65.0 Å². The first-order chi connectivity index (χ1) is 19.3. The van der Waals surface area contributed by atoms with E-state index in [1.165, 1.54) is 63.8 Å². The van der Waals surface area contributed by atoms with E-state index in [0.29, 0.717) is 5.56 Å². The summed E-state index contributed by atoms with van der Waals surface area (Å²) in [5.74, 6) is -0.0837. The van der Waals surface area contributed by atoms with E-state index in [-0.39, 0.29) is 11.9 Å². The Kier molecular flexibility index (Phi) is 11.3. The molecule has 1 aromatic carbocycles. The summed E-state index contributed by atoms with van der Waals surface area (Å²) in [7, 11) is 0. The summed E-state index contributed by atoms with van der Waals surface area (Å²) in [5, 5.41) is 0. The van der Waals surface area contributed by atoms with E-state index >= 15 is 0 Å². The van der Waals surface area contributed by atoms with Crippen LogP contribution < -0.4 is 4.74 Å². The fourth-order valence-electron chi connectivity index (χ4n) is 4.74. The van der Waals surface area contributed by atoms with Crippen LogP contribution in [0.3, 0.4) is 0 Å². The lowest BCUT2D eigenvalue weighted by molar-refractivity contribution is -0.139. The molecule has 0 amide bonds. The normalized spacial score (nSPS) is 12.7. The predicted molar refractivity (Wildman–Crippen MR) is 168 cm³/mol. The second-order valence-electron chi connectivity index (χ2n) is 10.4. The first-order valence-electron chi connectivity index (χ1n) is 14.5. The Bertz CT molecular complexity index is 1330. The zero-order valence-electron chi connectivity index (χ0n) is 23.6. The van der Waals surface area contributed by atoms with Crippen LogP contribution in [0.15, 0.2) is 54.6 Å². The van der Waals surface area contributed by atoms with Crippen LogP contribution in [0.5, 0.6) is 5.75 Å². The Morgan fingerprint density at radius 3 is 1.90 bits per heavy atom. The van der Waals surface area contributed by atoms with Crippen LogP contribution in [0.25, 0.3) is 29.9 Å². The van der Waals surface area contributed by atoms with Crippen LogP contribution in [0.1, 0.15) is 89.0 Å². The van der Waals surface area contributed by atoms with Gasteiger partial charge in [-0.25, -0.2) is 0 Å². The summed E-state index contributed by atoms with van der Waals surface area (Å²) < 4.78 is 47.8. The van der Waals surface area contributed by atoms with Crippen molar-refractivity contribution in [3.8, 4) is 35.7 Å². The van der Waals surface area contributed by atoms with E-state index in [0.717, 1.165) is 53.2 Å². The second-order valence-corrected chi connectivity index (χ2v) is 13.7. The summed E-state index contributed by atoms with van der Waals surface area (Å²) in [6, 6.07) is 17.1. The number of benzene rings is 1. The van der Waals surface area contributed by atoms with Crippen molar-refractivity contribution in [3.63, 3.8) is 0 Å². The average Bonchev–Trinajstić information content (AvgIpc) is 3.69. The van der Waals surface area contributed by atoms with Crippen LogP contribution in [0, 0.1) is 0 Å². The van der Waals surface area contributed by atoms with Crippen molar-refractivity contribution in [2.45, 2.75) is 97.3 Å². The first-order valence-corrected chi connectivity index (χ1v) is 16.9. The monoisotopic (exact) mass is 604 g/mol. The number of alkyl halides is 3. The van der Waals surface area contributed by atoms with Crippen LogP contribution in [-0.4, -0.2) is 6.10 Å². The van der Waals surface area contributed by atoms with Gasteiger partial charge in [0.1, 0.15) is 5.75 Å². The van der Waals surface area contributed by atoms with Crippen LogP contribution >= 0.6 is 34.0 Å². The van der Waals surface area contributed by atoms with E-state index in [1.54, 1.807) is 17.4 Å². The highest BCUT2D eigenvalue weighted by atomic mass is 32.1. The minimum Gasteiger partial charge on any atom is -0.490 e. The summed E-state index contributed by atoms with van der Waals surface area (Å²) in [6.45, 7) is 6.23. The molecular formula is C33H39F3OS3. The lowest BCUT2D eigenvalue weighted by Crippen LogP contribution is -2.16. The summed E-state index contributed by atoms with van der Waals surface area (Å²) in [6.07, 6.45) is 6.52. The third-order valence-electron chi connectivity index (χ3n) is 7.00. The molecule has 0 saturated carbocycles. The van der Waals surface area contributed by atoms with Gasteiger partial charge in [0.15, 0.2) is 0 Å². The molecule has 7 heteroatoms. The molecule has 1 nitrogen and oxygen atoms in total. The largest absolute Gasteiger partial charge is 0.490 e. The van der Waals surface area contributed by atoms with Crippen LogP contribution in [-0.2, 0) is 12.6 Å². The molecule has 0 fully saturated rings. The zero-order valence-corrected chi connectivity index (χ0v) is 26.1. The molecule has 216 valence electrons. The molecule has 3 aromatic heterocycles. The quantitative estimate of drug-likeness (QED) is 0.123. The fraction of sp³-hybridized carbons (Fsp3) is 0.455. The Morgan fingerprint density at radius 2 is 1.25 bits per heavy atom. The first kappa shape index (κ1) is 30.9. The third-order valence-corrected chi connectivity index (χ3v) is 10.8. The topological polar surface area (TPSA) is 9.23 Å². The van der Waals surface area contributed by atoms with Gasteiger partial charge < -0.3 is 4.74 Å².